The Bertz CT molecular complexity index is 1120. The van der Waals surface area contributed by atoms with Gasteiger partial charge in [0.05, 0.1) is 0 Å². The highest BCUT2D eigenvalue weighted by Crippen LogP contribution is 2.34. The summed E-state index contributed by atoms with van der Waals surface area (Å²) in [4.78, 5) is 42.6. The van der Waals surface area contributed by atoms with Crippen LogP contribution in [-0.4, -0.2) is 45.1 Å². The summed E-state index contributed by atoms with van der Waals surface area (Å²) < 4.78 is 5.43. The fourth-order valence-corrected chi connectivity index (χ4v) is 4.03. The van der Waals surface area contributed by atoms with Crippen LogP contribution >= 0.6 is 0 Å². The molecule has 2 rings (SSSR count). The van der Waals surface area contributed by atoms with Gasteiger partial charge in [0.15, 0.2) is 0 Å². The number of nitrogens with one attached hydrogen (secondary N) is 2. The highest BCUT2D eigenvalue weighted by molar-refractivity contribution is 5.99. The van der Waals surface area contributed by atoms with Crippen LogP contribution in [0.1, 0.15) is 79.0 Å². The number of anilines is 1. The van der Waals surface area contributed by atoms with Crippen molar-refractivity contribution in [1.82, 2.24) is 10.2 Å². The molecular weight excluding hydrogens is 482 g/mol. The quantitative estimate of drug-likeness (QED) is 0.375. The lowest BCUT2D eigenvalue weighted by Crippen LogP contribution is -2.60. The molecule has 2 atom stereocenters. The monoisotopic (exact) mass is 525 g/mol. The first-order valence-electron chi connectivity index (χ1n) is 13.1. The number of phenols is 1. The number of rotatable bonds is 9. The number of amides is 3. The lowest BCUT2D eigenvalue weighted by Gasteiger charge is -2.45. The zero-order chi connectivity index (χ0) is 28.8. The zero-order valence-electron chi connectivity index (χ0n) is 24.1. The van der Waals surface area contributed by atoms with Crippen molar-refractivity contribution in [2.45, 2.75) is 92.0 Å². The predicted octanol–water partition coefficient (Wildman–Crippen LogP) is 5.95. The van der Waals surface area contributed by atoms with Gasteiger partial charge in [0.2, 0.25) is 5.91 Å². The van der Waals surface area contributed by atoms with Gasteiger partial charge in [0, 0.05) is 11.2 Å². The Balaban J connectivity index is 2.63. The van der Waals surface area contributed by atoms with Crippen LogP contribution in [0.3, 0.4) is 0 Å². The average molecular weight is 526 g/mol. The molecule has 3 N–H and O–H groups in total. The van der Waals surface area contributed by atoms with E-state index in [2.05, 4.69) is 10.6 Å². The van der Waals surface area contributed by atoms with E-state index in [9.17, 15) is 19.5 Å². The van der Waals surface area contributed by atoms with Gasteiger partial charge in [-0.05, 0) is 83.2 Å². The molecule has 0 aromatic heterocycles. The number of nitrogens with zero attached hydrogens (tertiary/aromatic N) is 1. The smallest absolute Gasteiger partial charge is 0.408 e. The molecule has 3 amide bonds. The van der Waals surface area contributed by atoms with Gasteiger partial charge in [-0.1, -0.05) is 51.1 Å². The van der Waals surface area contributed by atoms with Gasteiger partial charge < -0.3 is 25.4 Å². The normalized spacial score (nSPS) is 13.4. The molecule has 0 fully saturated rings. The number of para-hydroxylation sites is 1. The van der Waals surface area contributed by atoms with Gasteiger partial charge in [-0.25, -0.2) is 4.79 Å². The Morgan fingerprint density at radius 3 is 2.05 bits per heavy atom. The second kappa shape index (κ2) is 12.3. The maximum atomic E-state index is 14.3. The fourth-order valence-electron chi connectivity index (χ4n) is 4.03. The SMILES string of the molecule is CCC(C)(C)N(C(=O)C(NC(=O)OC(C)(C)C)C(C)C)C(C(=O)Nc1ccccc1C)c1ccc(O)cc1. The Hall–Kier alpha value is -3.55. The molecule has 38 heavy (non-hydrogen) atoms. The van der Waals surface area contributed by atoms with E-state index >= 15 is 0 Å². The first-order valence-corrected chi connectivity index (χ1v) is 13.1. The number of benzene rings is 2. The summed E-state index contributed by atoms with van der Waals surface area (Å²) in [5.74, 6) is -1.05. The van der Waals surface area contributed by atoms with Crippen molar-refractivity contribution in [2.75, 3.05) is 5.32 Å². The molecule has 2 unspecified atom stereocenters. The standard InChI is InChI=1S/C30H43N3O5/c1-10-30(8,9)33(27(36)24(19(2)3)32-28(37)38-29(5,6)7)25(21-15-17-22(34)18-16-21)26(35)31-23-14-12-11-13-20(23)4/h11-19,24-25,34H,10H2,1-9H3,(H,31,35)(H,32,37). The third kappa shape index (κ3) is 7.97. The number of aromatic hydroxyl groups is 1. The van der Waals surface area contributed by atoms with Gasteiger partial charge in [0.25, 0.3) is 5.91 Å². The van der Waals surface area contributed by atoms with Crippen molar-refractivity contribution in [2.24, 2.45) is 5.92 Å². The van der Waals surface area contributed by atoms with Gasteiger partial charge >= 0.3 is 6.09 Å². The third-order valence-electron chi connectivity index (χ3n) is 6.48. The Morgan fingerprint density at radius 1 is 0.974 bits per heavy atom. The van der Waals surface area contributed by atoms with Crippen LogP contribution in [0.15, 0.2) is 48.5 Å². The molecule has 0 saturated heterocycles. The lowest BCUT2D eigenvalue weighted by molar-refractivity contribution is -0.148. The van der Waals surface area contributed by atoms with Crippen molar-refractivity contribution in [3.8, 4) is 5.75 Å². The fraction of sp³-hybridized carbons (Fsp3) is 0.500. The van der Waals surface area contributed by atoms with E-state index in [4.69, 9.17) is 4.74 Å². The van der Waals surface area contributed by atoms with Crippen molar-refractivity contribution < 1.29 is 24.2 Å². The maximum absolute atomic E-state index is 14.3. The van der Waals surface area contributed by atoms with Gasteiger partial charge in [0.1, 0.15) is 23.4 Å². The van der Waals surface area contributed by atoms with Crippen LogP contribution in [-0.2, 0) is 14.3 Å². The molecular formula is C30H43N3O5. The van der Waals surface area contributed by atoms with Crippen molar-refractivity contribution in [3.63, 3.8) is 0 Å². The molecule has 0 aliphatic heterocycles. The van der Waals surface area contributed by atoms with Gasteiger partial charge in [-0.3, -0.25) is 9.59 Å². The summed E-state index contributed by atoms with van der Waals surface area (Å²) in [6.07, 6.45) is -0.160. The van der Waals surface area contributed by atoms with E-state index in [1.54, 1.807) is 43.9 Å². The lowest BCUT2D eigenvalue weighted by atomic mass is 9.90. The number of aryl methyl sites for hydroxylation is 1. The Kier molecular flexibility index (Phi) is 9.95. The first kappa shape index (κ1) is 30.7. The molecule has 208 valence electrons. The highest BCUT2D eigenvalue weighted by atomic mass is 16.6. The summed E-state index contributed by atoms with van der Waals surface area (Å²) in [7, 11) is 0. The minimum Gasteiger partial charge on any atom is -0.508 e. The number of alkyl carbamates (subject to hydrolysis) is 1. The summed E-state index contributed by atoms with van der Waals surface area (Å²) in [6.45, 7) is 16.5. The van der Waals surface area contributed by atoms with Crippen LogP contribution < -0.4 is 10.6 Å². The molecule has 8 nitrogen and oxygen atoms in total. The van der Waals surface area contributed by atoms with Crippen LogP contribution in [0.5, 0.6) is 5.75 Å². The van der Waals surface area contributed by atoms with Crippen LogP contribution in [0, 0.1) is 12.8 Å². The Labute approximate surface area is 226 Å². The molecule has 0 radical (unpaired) electrons. The predicted molar refractivity (Wildman–Crippen MR) is 150 cm³/mol. The number of ether oxygens (including phenoxy) is 1. The largest absolute Gasteiger partial charge is 0.508 e. The van der Waals surface area contributed by atoms with E-state index in [-0.39, 0.29) is 11.7 Å². The molecule has 0 aliphatic carbocycles. The highest BCUT2D eigenvalue weighted by Gasteiger charge is 2.44. The molecule has 0 saturated carbocycles. The van der Waals surface area contributed by atoms with E-state index < -0.39 is 41.1 Å². The average Bonchev–Trinajstić information content (AvgIpc) is 2.81. The van der Waals surface area contributed by atoms with Crippen LogP contribution in [0.4, 0.5) is 10.5 Å². The summed E-state index contributed by atoms with van der Waals surface area (Å²) in [6, 6.07) is 11.7. The van der Waals surface area contributed by atoms with Crippen molar-refractivity contribution in [1.29, 1.82) is 0 Å². The molecule has 0 bridgehead atoms. The topological polar surface area (TPSA) is 108 Å². The molecule has 8 heteroatoms. The number of carbonyl (C=O) groups excluding carboxylic acids is 3. The van der Waals surface area contributed by atoms with Crippen molar-refractivity contribution >= 4 is 23.6 Å². The number of carbonyl (C=O) groups is 3. The summed E-state index contributed by atoms with van der Waals surface area (Å²) in [5.41, 5.74) is 0.535. The van der Waals surface area contributed by atoms with Crippen molar-refractivity contribution in [3.05, 3.63) is 59.7 Å². The van der Waals surface area contributed by atoms with E-state index in [1.165, 1.54) is 12.1 Å². The summed E-state index contributed by atoms with van der Waals surface area (Å²) in [5, 5.41) is 15.6. The number of phenolic OH excluding ortho intramolecular Hbond substituents is 1. The van der Waals surface area contributed by atoms with Gasteiger partial charge in [-0.15, -0.1) is 0 Å². The van der Waals surface area contributed by atoms with Crippen LogP contribution in [0.25, 0.3) is 0 Å². The second-order valence-electron chi connectivity index (χ2n) is 11.5. The van der Waals surface area contributed by atoms with Crippen LogP contribution in [0.2, 0.25) is 0 Å². The number of hydrogen-bond acceptors (Lipinski definition) is 5. The molecule has 0 heterocycles. The minimum atomic E-state index is -1.04. The summed E-state index contributed by atoms with van der Waals surface area (Å²) >= 11 is 0. The van der Waals surface area contributed by atoms with E-state index in [0.29, 0.717) is 17.7 Å². The maximum Gasteiger partial charge on any atom is 0.408 e. The molecule has 2 aromatic carbocycles. The zero-order valence-corrected chi connectivity index (χ0v) is 24.1. The third-order valence-corrected chi connectivity index (χ3v) is 6.48. The molecule has 0 spiro atoms. The first-order chi connectivity index (χ1) is 17.6. The number of hydrogen-bond donors (Lipinski definition) is 3. The second-order valence-corrected chi connectivity index (χ2v) is 11.5. The minimum absolute atomic E-state index is 0.0473. The van der Waals surface area contributed by atoms with Gasteiger partial charge in [-0.2, -0.15) is 0 Å². The molecule has 2 aromatic rings. The molecule has 0 aliphatic rings. The van der Waals surface area contributed by atoms with E-state index in [0.717, 1.165) is 5.56 Å². The van der Waals surface area contributed by atoms with E-state index in [1.807, 2.05) is 59.7 Å². The Morgan fingerprint density at radius 2 is 1.55 bits per heavy atom.